The molecule has 2 heterocycles. The standard InChI is InChI=1S/C17H12ClF3N2O2S/c1-25-13-4-2-10(3-5-13)15-22-12(9-26-15)8-23-7-11(17(19,20)21)6-14(18)16(23)24/h2-7,9H,8H2,1H3. The van der Waals surface area contributed by atoms with Gasteiger partial charge in [-0.05, 0) is 30.3 Å². The highest BCUT2D eigenvalue weighted by atomic mass is 35.5. The van der Waals surface area contributed by atoms with Gasteiger partial charge in [0.2, 0.25) is 0 Å². The molecule has 4 nitrogen and oxygen atoms in total. The first-order valence-corrected chi connectivity index (χ1v) is 8.59. The minimum absolute atomic E-state index is 0.102. The quantitative estimate of drug-likeness (QED) is 0.637. The summed E-state index contributed by atoms with van der Waals surface area (Å²) in [6.07, 6.45) is -3.84. The van der Waals surface area contributed by atoms with Crippen molar-refractivity contribution >= 4 is 22.9 Å². The molecule has 136 valence electrons. The predicted molar refractivity (Wildman–Crippen MR) is 93.9 cm³/mol. The van der Waals surface area contributed by atoms with Crippen molar-refractivity contribution in [2.75, 3.05) is 7.11 Å². The summed E-state index contributed by atoms with van der Waals surface area (Å²) in [4.78, 5) is 16.4. The van der Waals surface area contributed by atoms with Gasteiger partial charge in [0.05, 0.1) is 24.9 Å². The summed E-state index contributed by atoms with van der Waals surface area (Å²) in [5.74, 6) is 0.704. The normalized spacial score (nSPS) is 11.6. The van der Waals surface area contributed by atoms with Gasteiger partial charge in [-0.2, -0.15) is 13.2 Å². The number of rotatable bonds is 4. The second-order valence-electron chi connectivity index (χ2n) is 5.38. The number of pyridine rings is 1. The summed E-state index contributed by atoms with van der Waals surface area (Å²) < 4.78 is 44.7. The predicted octanol–water partition coefficient (Wildman–Crippen LogP) is 4.70. The number of nitrogens with zero attached hydrogens (tertiary/aromatic N) is 2. The highest BCUT2D eigenvalue weighted by molar-refractivity contribution is 7.13. The van der Waals surface area contributed by atoms with Gasteiger partial charge in [-0.3, -0.25) is 4.79 Å². The molecule has 0 amide bonds. The second-order valence-corrected chi connectivity index (χ2v) is 6.65. The van der Waals surface area contributed by atoms with E-state index in [-0.39, 0.29) is 6.54 Å². The Morgan fingerprint density at radius 3 is 2.58 bits per heavy atom. The molecule has 0 N–H and O–H groups in total. The second kappa shape index (κ2) is 7.13. The van der Waals surface area contributed by atoms with Crippen molar-refractivity contribution in [1.29, 1.82) is 0 Å². The van der Waals surface area contributed by atoms with E-state index in [4.69, 9.17) is 16.3 Å². The zero-order chi connectivity index (χ0) is 18.9. The fourth-order valence-corrected chi connectivity index (χ4v) is 3.34. The van der Waals surface area contributed by atoms with Crippen LogP contribution in [0.3, 0.4) is 0 Å². The monoisotopic (exact) mass is 400 g/mol. The Morgan fingerprint density at radius 1 is 1.27 bits per heavy atom. The van der Waals surface area contributed by atoms with Crippen molar-refractivity contribution in [3.63, 3.8) is 0 Å². The molecule has 0 saturated carbocycles. The maximum Gasteiger partial charge on any atom is 0.417 e. The van der Waals surface area contributed by atoms with Crippen molar-refractivity contribution in [2.24, 2.45) is 0 Å². The molecule has 0 unspecified atom stereocenters. The molecule has 0 aliphatic rings. The number of methoxy groups -OCH3 is 1. The van der Waals surface area contributed by atoms with E-state index >= 15 is 0 Å². The highest BCUT2D eigenvalue weighted by Gasteiger charge is 2.32. The van der Waals surface area contributed by atoms with E-state index in [0.717, 1.165) is 16.3 Å². The number of thiazole rings is 1. The fourth-order valence-electron chi connectivity index (χ4n) is 2.29. The first-order valence-electron chi connectivity index (χ1n) is 7.34. The number of halogens is 4. The molecule has 0 fully saturated rings. The molecule has 9 heteroatoms. The van der Waals surface area contributed by atoms with Crippen molar-refractivity contribution in [1.82, 2.24) is 9.55 Å². The van der Waals surface area contributed by atoms with Crippen LogP contribution in [0, 0.1) is 0 Å². The maximum absolute atomic E-state index is 12.9. The molecule has 0 saturated heterocycles. The Bertz CT molecular complexity index is 981. The lowest BCUT2D eigenvalue weighted by atomic mass is 10.2. The van der Waals surface area contributed by atoms with Gasteiger partial charge in [-0.25, -0.2) is 4.98 Å². The van der Waals surface area contributed by atoms with Crippen LogP contribution in [-0.4, -0.2) is 16.7 Å². The Morgan fingerprint density at radius 2 is 1.96 bits per heavy atom. The Balaban J connectivity index is 1.89. The largest absolute Gasteiger partial charge is 0.497 e. The smallest absolute Gasteiger partial charge is 0.417 e. The molecule has 0 aliphatic heterocycles. The molecular formula is C17H12ClF3N2O2S. The van der Waals surface area contributed by atoms with E-state index in [1.165, 1.54) is 11.3 Å². The average molecular weight is 401 g/mol. The molecule has 1 aromatic carbocycles. The molecule has 0 aliphatic carbocycles. The van der Waals surface area contributed by atoms with Gasteiger partial charge < -0.3 is 9.30 Å². The van der Waals surface area contributed by atoms with Crippen LogP contribution < -0.4 is 10.3 Å². The van der Waals surface area contributed by atoms with Crippen LogP contribution in [0.5, 0.6) is 5.75 Å². The van der Waals surface area contributed by atoms with Gasteiger partial charge in [0.25, 0.3) is 5.56 Å². The van der Waals surface area contributed by atoms with E-state index in [2.05, 4.69) is 4.98 Å². The molecule has 0 atom stereocenters. The molecular weight excluding hydrogens is 389 g/mol. The summed E-state index contributed by atoms with van der Waals surface area (Å²) in [6.45, 7) is -0.102. The Kier molecular flexibility index (Phi) is 5.06. The molecule has 0 spiro atoms. The minimum Gasteiger partial charge on any atom is -0.497 e. The third-order valence-corrected chi connectivity index (χ3v) is 4.80. The highest BCUT2D eigenvalue weighted by Crippen LogP contribution is 2.30. The summed E-state index contributed by atoms with van der Waals surface area (Å²) >= 11 is 6.99. The molecule has 26 heavy (non-hydrogen) atoms. The van der Waals surface area contributed by atoms with Gasteiger partial charge >= 0.3 is 6.18 Å². The van der Waals surface area contributed by atoms with E-state index in [1.54, 1.807) is 24.6 Å². The topological polar surface area (TPSA) is 44.1 Å². The lowest BCUT2D eigenvalue weighted by Crippen LogP contribution is -2.23. The van der Waals surface area contributed by atoms with Crippen LogP contribution in [0.25, 0.3) is 10.6 Å². The third kappa shape index (κ3) is 3.91. The van der Waals surface area contributed by atoms with Gasteiger partial charge in [0, 0.05) is 17.1 Å². The molecule has 0 bridgehead atoms. The van der Waals surface area contributed by atoms with E-state index < -0.39 is 22.3 Å². The average Bonchev–Trinajstić information content (AvgIpc) is 3.06. The van der Waals surface area contributed by atoms with Crippen LogP contribution in [-0.2, 0) is 12.7 Å². The number of alkyl halides is 3. The van der Waals surface area contributed by atoms with Gasteiger partial charge in [0.15, 0.2) is 0 Å². The molecule has 3 rings (SSSR count). The first kappa shape index (κ1) is 18.5. The van der Waals surface area contributed by atoms with Crippen molar-refractivity contribution < 1.29 is 17.9 Å². The van der Waals surface area contributed by atoms with Gasteiger partial charge in [-0.1, -0.05) is 11.6 Å². The van der Waals surface area contributed by atoms with Gasteiger partial charge in [0.1, 0.15) is 15.8 Å². The van der Waals surface area contributed by atoms with E-state index in [1.807, 2.05) is 12.1 Å². The van der Waals surface area contributed by atoms with E-state index in [9.17, 15) is 18.0 Å². The number of benzene rings is 1. The van der Waals surface area contributed by atoms with Crippen LogP contribution >= 0.6 is 22.9 Å². The van der Waals surface area contributed by atoms with Crippen LogP contribution in [0.4, 0.5) is 13.2 Å². The zero-order valence-corrected chi connectivity index (χ0v) is 15.0. The first-order chi connectivity index (χ1) is 12.3. The van der Waals surface area contributed by atoms with Gasteiger partial charge in [-0.15, -0.1) is 11.3 Å². The number of aromatic nitrogens is 2. The lowest BCUT2D eigenvalue weighted by molar-refractivity contribution is -0.138. The third-order valence-electron chi connectivity index (χ3n) is 3.59. The van der Waals surface area contributed by atoms with Crippen LogP contribution in [0.1, 0.15) is 11.3 Å². The number of ether oxygens (including phenoxy) is 1. The SMILES string of the molecule is COc1ccc(-c2nc(Cn3cc(C(F)(F)F)cc(Cl)c3=O)cs2)cc1. The number of hydrogen-bond acceptors (Lipinski definition) is 4. The fraction of sp³-hybridized carbons (Fsp3) is 0.176. The number of hydrogen-bond donors (Lipinski definition) is 0. The molecule has 2 aromatic heterocycles. The zero-order valence-electron chi connectivity index (χ0n) is 13.4. The van der Waals surface area contributed by atoms with Crippen molar-refractivity contribution in [2.45, 2.75) is 12.7 Å². The molecule has 3 aromatic rings. The summed E-state index contributed by atoms with van der Waals surface area (Å²) in [7, 11) is 1.56. The lowest BCUT2D eigenvalue weighted by Gasteiger charge is -2.10. The van der Waals surface area contributed by atoms with E-state index in [0.29, 0.717) is 22.5 Å². The minimum atomic E-state index is -4.59. The summed E-state index contributed by atoms with van der Waals surface area (Å²) in [5.41, 5.74) is -0.360. The summed E-state index contributed by atoms with van der Waals surface area (Å²) in [5, 5.41) is 1.90. The van der Waals surface area contributed by atoms with Crippen LogP contribution in [0.15, 0.2) is 46.7 Å². The van der Waals surface area contributed by atoms with Crippen LogP contribution in [0.2, 0.25) is 5.02 Å². The van der Waals surface area contributed by atoms with Crippen molar-refractivity contribution in [3.8, 4) is 16.3 Å². The Labute approximate surface area is 155 Å². The maximum atomic E-state index is 12.9. The summed E-state index contributed by atoms with van der Waals surface area (Å²) in [6, 6.07) is 7.86. The molecule has 0 radical (unpaired) electrons. The van der Waals surface area contributed by atoms with Crippen molar-refractivity contribution in [3.05, 3.63) is 68.5 Å². The Hall–Kier alpha value is -2.32.